The van der Waals surface area contributed by atoms with Gasteiger partial charge in [0, 0.05) is 11.3 Å². The Labute approximate surface area is 163 Å². The zero-order chi connectivity index (χ0) is 20.3. The summed E-state index contributed by atoms with van der Waals surface area (Å²) in [6, 6.07) is 6.57. The monoisotopic (exact) mass is 408 g/mol. The summed E-state index contributed by atoms with van der Waals surface area (Å²) < 4.78 is 38.1. The SMILES string of the molecule is CCN1CCC(S(=O)(=O)Nc2ccc(-c3onc(C)c3OC(N)=O)cc2)CC1. The quantitative estimate of drug-likeness (QED) is 0.751. The highest BCUT2D eigenvalue weighted by Crippen LogP contribution is 2.34. The molecule has 2 aromatic rings. The van der Waals surface area contributed by atoms with Gasteiger partial charge < -0.3 is 19.9 Å². The zero-order valence-electron chi connectivity index (χ0n) is 15.8. The van der Waals surface area contributed by atoms with E-state index in [4.69, 9.17) is 15.0 Å². The Morgan fingerprint density at radius 1 is 1.32 bits per heavy atom. The third-order valence-corrected chi connectivity index (χ3v) is 6.71. The second-order valence-corrected chi connectivity index (χ2v) is 8.67. The number of hydrogen-bond donors (Lipinski definition) is 2. The van der Waals surface area contributed by atoms with E-state index in [1.54, 1.807) is 31.2 Å². The lowest BCUT2D eigenvalue weighted by Crippen LogP contribution is -2.41. The predicted octanol–water partition coefficient (Wildman–Crippen LogP) is 2.33. The largest absolute Gasteiger partial charge is 0.410 e. The van der Waals surface area contributed by atoms with Crippen LogP contribution in [-0.4, -0.2) is 49.5 Å². The van der Waals surface area contributed by atoms with Crippen molar-refractivity contribution in [3.8, 4) is 17.1 Å². The molecule has 0 bridgehead atoms. The lowest BCUT2D eigenvalue weighted by molar-refractivity contribution is 0.210. The highest BCUT2D eigenvalue weighted by atomic mass is 32.2. The Morgan fingerprint density at radius 2 is 1.96 bits per heavy atom. The van der Waals surface area contributed by atoms with Gasteiger partial charge in [0.25, 0.3) is 0 Å². The maximum Gasteiger partial charge on any atom is 0.410 e. The number of nitrogens with one attached hydrogen (secondary N) is 1. The first kappa shape index (κ1) is 20.2. The van der Waals surface area contributed by atoms with Crippen molar-refractivity contribution in [2.75, 3.05) is 24.4 Å². The van der Waals surface area contributed by atoms with Gasteiger partial charge in [-0.3, -0.25) is 4.72 Å². The Bertz CT molecular complexity index is 931. The van der Waals surface area contributed by atoms with Gasteiger partial charge in [-0.15, -0.1) is 0 Å². The molecule has 1 aromatic carbocycles. The number of carbonyl (C=O) groups excluding carboxylic acids is 1. The number of aromatic nitrogens is 1. The summed E-state index contributed by atoms with van der Waals surface area (Å²) in [6.45, 7) is 6.20. The lowest BCUT2D eigenvalue weighted by Gasteiger charge is -2.30. The van der Waals surface area contributed by atoms with Crippen molar-refractivity contribution in [2.24, 2.45) is 5.73 Å². The van der Waals surface area contributed by atoms with Gasteiger partial charge in [-0.05, 0) is 63.7 Å². The number of amides is 1. The third-order valence-electron chi connectivity index (χ3n) is 4.84. The number of nitrogens with two attached hydrogens (primary N) is 1. The van der Waals surface area contributed by atoms with Crippen molar-refractivity contribution < 1.29 is 22.5 Å². The van der Waals surface area contributed by atoms with Crippen LogP contribution in [0.5, 0.6) is 5.75 Å². The molecule has 10 heteroatoms. The second-order valence-electron chi connectivity index (χ2n) is 6.71. The first-order chi connectivity index (χ1) is 13.3. The molecule has 2 heterocycles. The maximum absolute atomic E-state index is 12.7. The van der Waals surface area contributed by atoms with Crippen molar-refractivity contribution in [2.45, 2.75) is 31.9 Å². The molecule has 0 saturated carbocycles. The van der Waals surface area contributed by atoms with Crippen molar-refractivity contribution in [1.29, 1.82) is 0 Å². The summed E-state index contributed by atoms with van der Waals surface area (Å²) in [6.07, 6.45) is 0.268. The topological polar surface area (TPSA) is 128 Å². The third kappa shape index (κ3) is 4.45. The molecule has 0 aliphatic carbocycles. The normalized spacial score (nSPS) is 16.1. The van der Waals surface area contributed by atoms with Gasteiger partial charge >= 0.3 is 6.09 Å². The molecule has 1 aliphatic rings. The van der Waals surface area contributed by atoms with Crippen molar-refractivity contribution in [3.05, 3.63) is 30.0 Å². The Morgan fingerprint density at radius 3 is 2.54 bits per heavy atom. The summed E-state index contributed by atoms with van der Waals surface area (Å²) in [7, 11) is -3.46. The molecule has 1 amide bonds. The van der Waals surface area contributed by atoms with Gasteiger partial charge in [-0.2, -0.15) is 0 Å². The fourth-order valence-electron chi connectivity index (χ4n) is 3.24. The van der Waals surface area contributed by atoms with E-state index in [0.717, 1.165) is 19.6 Å². The number of hydrogen-bond acceptors (Lipinski definition) is 7. The molecule has 3 rings (SSSR count). The molecule has 0 unspecified atom stereocenters. The van der Waals surface area contributed by atoms with Crippen molar-refractivity contribution in [3.63, 3.8) is 0 Å². The fourth-order valence-corrected chi connectivity index (χ4v) is 4.70. The predicted molar refractivity (Wildman–Crippen MR) is 105 cm³/mol. The van der Waals surface area contributed by atoms with Crippen LogP contribution in [0.15, 0.2) is 28.8 Å². The van der Waals surface area contributed by atoms with E-state index in [1.807, 2.05) is 0 Å². The molecule has 28 heavy (non-hydrogen) atoms. The number of rotatable bonds is 6. The molecular weight excluding hydrogens is 384 g/mol. The van der Waals surface area contributed by atoms with Crippen molar-refractivity contribution in [1.82, 2.24) is 10.1 Å². The summed E-state index contributed by atoms with van der Waals surface area (Å²) >= 11 is 0. The first-order valence-corrected chi connectivity index (χ1v) is 10.6. The molecule has 3 N–H and O–H groups in total. The Balaban J connectivity index is 1.72. The average Bonchev–Trinajstić information content (AvgIpc) is 3.02. The molecule has 1 saturated heterocycles. The number of ether oxygens (including phenoxy) is 1. The van der Waals surface area contributed by atoms with E-state index < -0.39 is 21.4 Å². The van der Waals surface area contributed by atoms with Crippen LogP contribution in [0.1, 0.15) is 25.5 Å². The number of likely N-dealkylation sites (tertiary alicyclic amines) is 1. The van der Waals surface area contributed by atoms with E-state index in [1.165, 1.54) is 0 Å². The first-order valence-electron chi connectivity index (χ1n) is 9.08. The van der Waals surface area contributed by atoms with E-state index in [2.05, 4.69) is 21.7 Å². The van der Waals surface area contributed by atoms with Crippen LogP contribution in [0.3, 0.4) is 0 Å². The molecule has 1 aliphatic heterocycles. The van der Waals surface area contributed by atoms with E-state index in [-0.39, 0.29) is 11.5 Å². The number of piperidine rings is 1. The molecule has 152 valence electrons. The zero-order valence-corrected chi connectivity index (χ0v) is 16.7. The van der Waals surface area contributed by atoms with Crippen LogP contribution in [0.4, 0.5) is 10.5 Å². The molecule has 1 fully saturated rings. The van der Waals surface area contributed by atoms with Gasteiger partial charge in [0.05, 0.1) is 5.25 Å². The summed E-state index contributed by atoms with van der Waals surface area (Å²) in [5.41, 5.74) is 6.49. The van der Waals surface area contributed by atoms with Gasteiger partial charge in [0.1, 0.15) is 5.69 Å². The van der Waals surface area contributed by atoms with E-state index >= 15 is 0 Å². The smallest absolute Gasteiger partial charge is 0.404 e. The molecule has 1 aromatic heterocycles. The number of benzene rings is 1. The van der Waals surface area contributed by atoms with Crippen LogP contribution in [-0.2, 0) is 10.0 Å². The molecule has 9 nitrogen and oxygen atoms in total. The second kappa shape index (κ2) is 8.19. The number of nitrogens with zero attached hydrogens (tertiary/aromatic N) is 2. The van der Waals surface area contributed by atoms with Crippen molar-refractivity contribution >= 4 is 21.8 Å². The fraction of sp³-hybridized carbons (Fsp3) is 0.444. The number of carbonyl (C=O) groups is 1. The minimum absolute atomic E-state index is 0.142. The highest BCUT2D eigenvalue weighted by Gasteiger charge is 2.29. The molecule has 0 atom stereocenters. The van der Waals surface area contributed by atoms with Gasteiger partial charge in [0.15, 0.2) is 0 Å². The average molecular weight is 408 g/mol. The van der Waals surface area contributed by atoms with Gasteiger partial charge in [-0.1, -0.05) is 12.1 Å². The maximum atomic E-state index is 12.7. The van der Waals surface area contributed by atoms with E-state index in [0.29, 0.717) is 29.8 Å². The number of primary amides is 1. The van der Waals surface area contributed by atoms with Crippen LogP contribution < -0.4 is 15.2 Å². The summed E-state index contributed by atoms with van der Waals surface area (Å²) in [5.74, 6) is 0.390. The molecular formula is C18H24N4O5S. The number of anilines is 1. The molecule has 0 spiro atoms. The van der Waals surface area contributed by atoms with Crippen LogP contribution in [0.25, 0.3) is 11.3 Å². The Hall–Kier alpha value is -2.59. The lowest BCUT2D eigenvalue weighted by atomic mass is 10.1. The Kier molecular flexibility index (Phi) is 5.90. The van der Waals surface area contributed by atoms with Crippen LogP contribution in [0, 0.1) is 6.92 Å². The number of sulfonamides is 1. The van der Waals surface area contributed by atoms with Crippen LogP contribution >= 0.6 is 0 Å². The minimum Gasteiger partial charge on any atom is -0.404 e. The summed E-state index contributed by atoms with van der Waals surface area (Å²) in [4.78, 5) is 13.3. The highest BCUT2D eigenvalue weighted by molar-refractivity contribution is 7.93. The van der Waals surface area contributed by atoms with E-state index in [9.17, 15) is 13.2 Å². The van der Waals surface area contributed by atoms with Gasteiger partial charge in [0.2, 0.25) is 21.5 Å². The minimum atomic E-state index is -3.46. The van der Waals surface area contributed by atoms with Crippen LogP contribution in [0.2, 0.25) is 0 Å². The standard InChI is InChI=1S/C18H24N4O5S/c1-3-22-10-8-15(9-11-22)28(24,25)21-14-6-4-13(5-7-14)17-16(26-18(19)23)12(2)20-27-17/h4-7,15,21H,3,8-11H2,1-2H3,(H2,19,23). The number of aryl methyl sites for hydroxylation is 1. The summed E-state index contributed by atoms with van der Waals surface area (Å²) in [5, 5.41) is 3.38. The van der Waals surface area contributed by atoms with Gasteiger partial charge in [-0.25, -0.2) is 13.2 Å². The molecule has 0 radical (unpaired) electrons.